The molecule has 0 spiro atoms. The molecule has 3 rings (SSSR count). The molecule has 3 aromatic rings. The zero-order valence-corrected chi connectivity index (χ0v) is 13.3. The summed E-state index contributed by atoms with van der Waals surface area (Å²) in [7, 11) is 0. The summed E-state index contributed by atoms with van der Waals surface area (Å²) in [6.07, 6.45) is 1.18. The lowest BCUT2D eigenvalue weighted by molar-refractivity contribution is -0.121. The number of halogens is 1. The van der Waals surface area contributed by atoms with E-state index < -0.39 is 12.4 Å². The number of carbonyl (C=O) groups excluding carboxylic acids is 1. The highest BCUT2D eigenvalue weighted by molar-refractivity contribution is 5.79. The number of para-hydroxylation sites is 2. The molecule has 0 saturated heterocycles. The van der Waals surface area contributed by atoms with Crippen molar-refractivity contribution in [2.45, 2.75) is 19.7 Å². The molecule has 0 atom stereocenters. The van der Waals surface area contributed by atoms with Gasteiger partial charge in [-0.3, -0.25) is 14.2 Å². The summed E-state index contributed by atoms with van der Waals surface area (Å²) in [6.45, 7) is -0.383. The topological polar surface area (TPSA) is 84.2 Å². The quantitative estimate of drug-likeness (QED) is 0.734. The van der Waals surface area contributed by atoms with Gasteiger partial charge in [0.25, 0.3) is 5.56 Å². The first-order chi connectivity index (χ1) is 12.1. The summed E-state index contributed by atoms with van der Waals surface area (Å²) >= 11 is 0. The number of hydrogen-bond donors (Lipinski definition) is 2. The van der Waals surface area contributed by atoms with E-state index in [1.807, 2.05) is 0 Å². The molecule has 6 nitrogen and oxygen atoms in total. The van der Waals surface area contributed by atoms with Gasteiger partial charge in [-0.2, -0.15) is 0 Å². The minimum Gasteiger partial charge on any atom is -0.392 e. The van der Waals surface area contributed by atoms with E-state index in [-0.39, 0.29) is 30.1 Å². The first-order valence-corrected chi connectivity index (χ1v) is 7.68. The SMILES string of the molecule is O=C(Cn1c(=O)cnc2ccccc21)NCc1ccc(F)c(CO)c1. The number of amides is 1. The number of rotatable bonds is 5. The van der Waals surface area contributed by atoms with E-state index in [0.717, 1.165) is 0 Å². The number of aliphatic hydroxyl groups is 1. The second-order valence-corrected chi connectivity index (χ2v) is 5.53. The molecule has 7 heteroatoms. The molecule has 25 heavy (non-hydrogen) atoms. The van der Waals surface area contributed by atoms with E-state index >= 15 is 0 Å². The van der Waals surface area contributed by atoms with Gasteiger partial charge in [-0.1, -0.05) is 18.2 Å². The molecule has 0 unspecified atom stereocenters. The van der Waals surface area contributed by atoms with Crippen LogP contribution in [0.1, 0.15) is 11.1 Å². The van der Waals surface area contributed by atoms with E-state index in [2.05, 4.69) is 10.3 Å². The summed E-state index contributed by atoms with van der Waals surface area (Å²) in [5.41, 5.74) is 1.67. The van der Waals surface area contributed by atoms with E-state index in [0.29, 0.717) is 16.6 Å². The lowest BCUT2D eigenvalue weighted by Gasteiger charge is -2.10. The summed E-state index contributed by atoms with van der Waals surface area (Å²) in [5.74, 6) is -0.847. The smallest absolute Gasteiger partial charge is 0.269 e. The lowest BCUT2D eigenvalue weighted by Crippen LogP contribution is -2.32. The minimum absolute atomic E-state index is 0.143. The number of nitrogens with one attached hydrogen (secondary N) is 1. The van der Waals surface area contributed by atoms with Gasteiger partial charge >= 0.3 is 0 Å². The van der Waals surface area contributed by atoms with Crippen molar-refractivity contribution >= 4 is 16.9 Å². The van der Waals surface area contributed by atoms with Crippen molar-refractivity contribution < 1.29 is 14.3 Å². The number of benzene rings is 2. The van der Waals surface area contributed by atoms with Gasteiger partial charge in [-0.25, -0.2) is 9.37 Å². The standard InChI is InChI=1S/C18H16FN3O3/c19-14-6-5-12(7-13(14)11-23)8-21-17(24)10-22-16-4-2-1-3-15(16)20-9-18(22)25/h1-7,9,23H,8,10-11H2,(H,21,24). The molecule has 0 bridgehead atoms. The van der Waals surface area contributed by atoms with Gasteiger partial charge in [0, 0.05) is 12.1 Å². The fraction of sp³-hybridized carbons (Fsp3) is 0.167. The molecule has 0 aliphatic heterocycles. The molecule has 2 N–H and O–H groups in total. The third kappa shape index (κ3) is 3.72. The Bertz CT molecular complexity index is 985. The third-order valence-corrected chi connectivity index (χ3v) is 3.82. The Kier molecular flexibility index (Phi) is 4.85. The van der Waals surface area contributed by atoms with Crippen molar-refractivity contribution in [2.24, 2.45) is 0 Å². The van der Waals surface area contributed by atoms with Crippen LogP contribution in [0.15, 0.2) is 53.5 Å². The van der Waals surface area contributed by atoms with Gasteiger partial charge in [0.1, 0.15) is 12.4 Å². The minimum atomic E-state index is -0.493. The molecule has 0 radical (unpaired) electrons. The first kappa shape index (κ1) is 16.8. The third-order valence-electron chi connectivity index (χ3n) is 3.82. The Labute approximate surface area is 142 Å². The number of nitrogens with zero attached hydrogens (tertiary/aromatic N) is 2. The van der Waals surface area contributed by atoms with Crippen molar-refractivity contribution in [1.82, 2.24) is 14.9 Å². The van der Waals surface area contributed by atoms with Crippen LogP contribution in [0, 0.1) is 5.82 Å². The van der Waals surface area contributed by atoms with Gasteiger partial charge in [-0.15, -0.1) is 0 Å². The summed E-state index contributed by atoms with van der Waals surface area (Å²) in [4.78, 5) is 28.2. The Balaban J connectivity index is 1.73. The van der Waals surface area contributed by atoms with Crippen molar-refractivity contribution in [2.75, 3.05) is 0 Å². The van der Waals surface area contributed by atoms with Crippen LogP contribution in [-0.2, 0) is 24.5 Å². The highest BCUT2D eigenvalue weighted by atomic mass is 19.1. The van der Waals surface area contributed by atoms with Gasteiger partial charge in [0.15, 0.2) is 0 Å². The van der Waals surface area contributed by atoms with Gasteiger partial charge < -0.3 is 10.4 Å². The van der Waals surface area contributed by atoms with Gasteiger partial charge in [-0.05, 0) is 29.8 Å². The number of aliphatic hydroxyl groups excluding tert-OH is 1. The monoisotopic (exact) mass is 341 g/mol. The highest BCUT2D eigenvalue weighted by Gasteiger charge is 2.09. The molecule has 1 heterocycles. The predicted octanol–water partition coefficient (Wildman–Crippen LogP) is 1.34. The summed E-state index contributed by atoms with van der Waals surface area (Å²) in [5, 5.41) is 11.8. The zero-order chi connectivity index (χ0) is 17.8. The molecular formula is C18H16FN3O3. The predicted molar refractivity (Wildman–Crippen MR) is 90.2 cm³/mol. The van der Waals surface area contributed by atoms with Crippen LogP contribution in [0.2, 0.25) is 0 Å². The van der Waals surface area contributed by atoms with Crippen LogP contribution >= 0.6 is 0 Å². The van der Waals surface area contributed by atoms with Gasteiger partial charge in [0.2, 0.25) is 5.91 Å². The van der Waals surface area contributed by atoms with Gasteiger partial charge in [0.05, 0.1) is 23.8 Å². The average Bonchev–Trinajstić information content (AvgIpc) is 2.63. The van der Waals surface area contributed by atoms with Crippen molar-refractivity contribution in [3.63, 3.8) is 0 Å². The number of carbonyl (C=O) groups is 1. The van der Waals surface area contributed by atoms with E-state index in [4.69, 9.17) is 5.11 Å². The maximum absolute atomic E-state index is 13.4. The Morgan fingerprint density at radius 3 is 2.84 bits per heavy atom. The Morgan fingerprint density at radius 2 is 2.04 bits per heavy atom. The molecule has 0 saturated carbocycles. The first-order valence-electron chi connectivity index (χ1n) is 7.68. The van der Waals surface area contributed by atoms with Crippen LogP contribution in [0.5, 0.6) is 0 Å². The lowest BCUT2D eigenvalue weighted by atomic mass is 10.1. The maximum atomic E-state index is 13.4. The van der Waals surface area contributed by atoms with Crippen molar-refractivity contribution in [1.29, 1.82) is 0 Å². The molecule has 128 valence electrons. The second-order valence-electron chi connectivity index (χ2n) is 5.53. The fourth-order valence-electron chi connectivity index (χ4n) is 2.54. The molecule has 1 amide bonds. The normalized spacial score (nSPS) is 10.8. The highest BCUT2D eigenvalue weighted by Crippen LogP contribution is 2.11. The molecule has 1 aromatic heterocycles. The maximum Gasteiger partial charge on any atom is 0.269 e. The van der Waals surface area contributed by atoms with E-state index in [1.54, 1.807) is 24.3 Å². The van der Waals surface area contributed by atoms with Crippen LogP contribution in [-0.4, -0.2) is 20.6 Å². The number of aromatic nitrogens is 2. The van der Waals surface area contributed by atoms with Crippen LogP contribution in [0.4, 0.5) is 4.39 Å². The molecule has 0 aliphatic carbocycles. The molecular weight excluding hydrogens is 325 g/mol. The van der Waals surface area contributed by atoms with Crippen LogP contribution in [0.3, 0.4) is 0 Å². The molecule has 2 aromatic carbocycles. The van der Waals surface area contributed by atoms with Crippen molar-refractivity contribution in [3.05, 3.63) is 76.0 Å². The number of fused-ring (bicyclic) bond motifs is 1. The number of hydrogen-bond acceptors (Lipinski definition) is 4. The largest absolute Gasteiger partial charge is 0.392 e. The Morgan fingerprint density at radius 1 is 1.24 bits per heavy atom. The van der Waals surface area contributed by atoms with E-state index in [9.17, 15) is 14.0 Å². The Hall–Kier alpha value is -3.06. The van der Waals surface area contributed by atoms with E-state index in [1.165, 1.54) is 29.0 Å². The van der Waals surface area contributed by atoms with Crippen molar-refractivity contribution in [3.8, 4) is 0 Å². The zero-order valence-electron chi connectivity index (χ0n) is 13.3. The van der Waals surface area contributed by atoms with Crippen LogP contribution < -0.4 is 10.9 Å². The molecule has 0 aliphatic rings. The fourth-order valence-corrected chi connectivity index (χ4v) is 2.54. The molecule has 0 fully saturated rings. The second kappa shape index (κ2) is 7.23. The summed E-state index contributed by atoms with van der Waals surface area (Å²) < 4.78 is 14.7. The summed E-state index contributed by atoms with van der Waals surface area (Å²) in [6, 6.07) is 11.3. The van der Waals surface area contributed by atoms with Crippen LogP contribution in [0.25, 0.3) is 11.0 Å². The average molecular weight is 341 g/mol.